The zero-order valence-electron chi connectivity index (χ0n) is 5.50. The number of hydrogen-bond acceptors (Lipinski definition) is 3. The van der Waals surface area contributed by atoms with Gasteiger partial charge >= 0.3 is 49.7 Å². The average Bonchev–Trinajstić information content (AvgIpc) is 1.81. The molecule has 0 saturated heterocycles. The number of rotatable bonds is 4. The number of carboxylic acid groups (broad SMARTS) is 2. The number of carboxylic acids is 2. The maximum absolute atomic E-state index is 10.1. The van der Waals surface area contributed by atoms with Crippen molar-refractivity contribution in [3.8, 4) is 0 Å². The van der Waals surface area contributed by atoms with Gasteiger partial charge in [0.2, 0.25) is 0 Å². The molecule has 0 heterocycles. The zero-order valence-corrected chi connectivity index (χ0v) is 5.50. The molecule has 0 aromatic heterocycles. The molecule has 62 valence electrons. The molecule has 0 aromatic carbocycles. The Kier molecular flexibility index (Phi) is 8.54. The molecule has 0 aliphatic carbocycles. The molecule has 0 aromatic rings. The van der Waals surface area contributed by atoms with Gasteiger partial charge in [-0.05, 0) is 7.05 Å². The van der Waals surface area contributed by atoms with E-state index in [0.717, 1.165) is 0 Å². The molecule has 0 rings (SSSR count). The van der Waals surface area contributed by atoms with Gasteiger partial charge in [0, 0.05) is 0 Å². The van der Waals surface area contributed by atoms with Crippen molar-refractivity contribution in [1.29, 1.82) is 0 Å². The number of likely N-dealkylation sites (N-methyl/N-ethyl adjacent to an activating group) is 1. The predicted molar refractivity (Wildman–Crippen MR) is 41.3 cm³/mol. The molecule has 0 aliphatic heterocycles. The molecule has 0 spiro atoms. The van der Waals surface area contributed by atoms with E-state index in [9.17, 15) is 9.59 Å². The summed E-state index contributed by atoms with van der Waals surface area (Å²) in [4.78, 5) is 20.1. The van der Waals surface area contributed by atoms with Gasteiger partial charge < -0.3 is 15.5 Å². The minimum atomic E-state index is -1.15. The van der Waals surface area contributed by atoms with E-state index in [1.54, 1.807) is 0 Å². The molecule has 11 heavy (non-hydrogen) atoms. The van der Waals surface area contributed by atoms with E-state index in [-0.39, 0.29) is 37.7 Å². The maximum atomic E-state index is 10.1. The van der Waals surface area contributed by atoms with Crippen LogP contribution < -0.4 is 5.32 Å². The van der Waals surface area contributed by atoms with Crippen LogP contribution in [0.15, 0.2) is 0 Å². The molecule has 6 heteroatoms. The van der Waals surface area contributed by atoms with Gasteiger partial charge in [-0.25, -0.2) is 0 Å². The van der Waals surface area contributed by atoms with E-state index in [0.29, 0.717) is 0 Å². The Balaban J connectivity index is 0. The summed E-state index contributed by atoms with van der Waals surface area (Å²) in [5, 5.41) is 18.8. The zero-order chi connectivity index (χ0) is 8.15. The normalized spacial score (nSPS) is 11.4. The molecule has 5 nitrogen and oxygen atoms in total. The molecular formula is C5H11CaNO4. The molecule has 0 saturated carbocycles. The van der Waals surface area contributed by atoms with Gasteiger partial charge in [0.25, 0.3) is 0 Å². The quantitative estimate of drug-likeness (QED) is 0.455. The van der Waals surface area contributed by atoms with E-state index in [4.69, 9.17) is 10.2 Å². The molecule has 0 bridgehead atoms. The van der Waals surface area contributed by atoms with Crippen LogP contribution in [-0.2, 0) is 9.59 Å². The first kappa shape index (κ1) is 13.7. The van der Waals surface area contributed by atoms with E-state index in [2.05, 4.69) is 5.32 Å². The molecular weight excluding hydrogens is 178 g/mol. The van der Waals surface area contributed by atoms with Crippen LogP contribution in [0.25, 0.3) is 0 Å². The second-order valence-electron chi connectivity index (χ2n) is 1.78. The van der Waals surface area contributed by atoms with Crippen molar-refractivity contribution in [1.82, 2.24) is 5.32 Å². The Morgan fingerprint density at radius 2 is 1.91 bits per heavy atom. The van der Waals surface area contributed by atoms with Crippen LogP contribution in [0.2, 0.25) is 0 Å². The van der Waals surface area contributed by atoms with E-state index < -0.39 is 24.4 Å². The van der Waals surface area contributed by atoms with Crippen LogP contribution in [-0.4, -0.2) is 73.0 Å². The van der Waals surface area contributed by atoms with E-state index in [1.807, 2.05) is 0 Å². The third kappa shape index (κ3) is 6.55. The Bertz CT molecular complexity index is 149. The second-order valence-corrected chi connectivity index (χ2v) is 1.78. The summed E-state index contributed by atoms with van der Waals surface area (Å²) in [7, 11) is 1.40. The first-order valence-electron chi connectivity index (χ1n) is 2.69. The topological polar surface area (TPSA) is 86.6 Å². The predicted octanol–water partition coefficient (Wildman–Crippen LogP) is -1.78. The van der Waals surface area contributed by atoms with Crippen molar-refractivity contribution in [2.75, 3.05) is 7.05 Å². The molecule has 0 radical (unpaired) electrons. The van der Waals surface area contributed by atoms with Crippen LogP contribution in [0.3, 0.4) is 0 Å². The molecule has 0 unspecified atom stereocenters. The van der Waals surface area contributed by atoms with Gasteiger partial charge in [0.15, 0.2) is 0 Å². The van der Waals surface area contributed by atoms with Crippen LogP contribution >= 0.6 is 0 Å². The molecule has 0 amide bonds. The van der Waals surface area contributed by atoms with Crippen LogP contribution in [0.5, 0.6) is 0 Å². The van der Waals surface area contributed by atoms with Crippen LogP contribution in [0.4, 0.5) is 0 Å². The Morgan fingerprint density at radius 3 is 2.00 bits per heavy atom. The van der Waals surface area contributed by atoms with Crippen molar-refractivity contribution < 1.29 is 19.8 Å². The van der Waals surface area contributed by atoms with Gasteiger partial charge in [-0.2, -0.15) is 0 Å². The van der Waals surface area contributed by atoms with Crippen molar-refractivity contribution in [2.24, 2.45) is 0 Å². The third-order valence-corrected chi connectivity index (χ3v) is 1.03. The van der Waals surface area contributed by atoms with Gasteiger partial charge in [0.05, 0.1) is 6.42 Å². The van der Waals surface area contributed by atoms with Crippen molar-refractivity contribution in [2.45, 2.75) is 12.5 Å². The minimum absolute atomic E-state index is 0. The second kappa shape index (κ2) is 6.84. The summed E-state index contributed by atoms with van der Waals surface area (Å²) in [6.45, 7) is 0. The van der Waals surface area contributed by atoms with E-state index in [1.165, 1.54) is 7.05 Å². The average molecular weight is 189 g/mol. The molecule has 0 aliphatic rings. The Labute approximate surface area is 93.8 Å². The molecule has 3 N–H and O–H groups in total. The number of nitrogens with one attached hydrogen (secondary N) is 1. The van der Waals surface area contributed by atoms with Crippen molar-refractivity contribution >= 4 is 49.7 Å². The first-order valence-corrected chi connectivity index (χ1v) is 2.69. The fourth-order valence-corrected chi connectivity index (χ4v) is 0.487. The summed E-state index contributed by atoms with van der Waals surface area (Å²) in [5.41, 5.74) is 0. The number of hydrogen-bond donors (Lipinski definition) is 3. The summed E-state index contributed by atoms with van der Waals surface area (Å²) < 4.78 is 0. The third-order valence-electron chi connectivity index (χ3n) is 1.03. The summed E-state index contributed by atoms with van der Waals surface area (Å²) in [5.74, 6) is -2.27. The Hall–Kier alpha value is 0.160. The summed E-state index contributed by atoms with van der Waals surface area (Å²) >= 11 is 0. The molecule has 0 fully saturated rings. The standard InChI is InChI=1S/C5H9NO4.Ca.2H/c1-6-3(5(9)10)2-4(7)8;;;/h3,6H,2H2,1H3,(H,7,8)(H,9,10);;;/t3-;;;/m1.../s1. The van der Waals surface area contributed by atoms with Crippen LogP contribution in [0, 0.1) is 0 Å². The molecule has 1 atom stereocenters. The fourth-order valence-electron chi connectivity index (χ4n) is 0.487. The Morgan fingerprint density at radius 1 is 1.45 bits per heavy atom. The SMILES string of the molecule is CN[C@H](CC(=O)O)C(=O)O.[CaH2]. The van der Waals surface area contributed by atoms with Gasteiger partial charge in [0.1, 0.15) is 6.04 Å². The van der Waals surface area contributed by atoms with E-state index >= 15 is 0 Å². The number of carbonyl (C=O) groups is 2. The monoisotopic (exact) mass is 189 g/mol. The van der Waals surface area contributed by atoms with Gasteiger partial charge in [-0.3, -0.25) is 9.59 Å². The summed E-state index contributed by atoms with van der Waals surface area (Å²) in [6.07, 6.45) is -0.397. The fraction of sp³-hybridized carbons (Fsp3) is 0.600. The first-order chi connectivity index (χ1) is 4.57. The number of aliphatic carboxylic acids is 2. The van der Waals surface area contributed by atoms with Crippen LogP contribution in [0.1, 0.15) is 6.42 Å². The van der Waals surface area contributed by atoms with Crippen molar-refractivity contribution in [3.63, 3.8) is 0 Å². The summed E-state index contributed by atoms with van der Waals surface area (Å²) in [6, 6.07) is -0.988. The van der Waals surface area contributed by atoms with Gasteiger partial charge in [-0.15, -0.1) is 0 Å². The van der Waals surface area contributed by atoms with Gasteiger partial charge in [-0.1, -0.05) is 0 Å². The van der Waals surface area contributed by atoms with Crippen molar-refractivity contribution in [3.05, 3.63) is 0 Å².